The predicted octanol–water partition coefficient (Wildman–Crippen LogP) is 3.90. The van der Waals surface area contributed by atoms with Crippen LogP contribution in [0.3, 0.4) is 0 Å². The number of carbonyl (C=O) groups excluding carboxylic acids is 2. The minimum atomic E-state index is -0.927. The standard InChI is InChI=1S/C22H27NO5S/c1-3-8-28-22(27)18-14-7-4-11(2)9-15(14)29-20(18)23-19(24)16-12-5-6-13(10-12)17(16)21(25)26/h5-6,11-13,16-17H,3-4,7-10H2,1-2H3,(H,23,24)(H,25,26)/t11-,12+,13+,16-,17-/m1/s1. The molecule has 1 heterocycles. The molecule has 0 radical (unpaired) electrons. The van der Waals surface area contributed by atoms with Crippen molar-refractivity contribution in [3.63, 3.8) is 0 Å². The summed E-state index contributed by atoms with van der Waals surface area (Å²) in [6.45, 7) is 4.47. The number of rotatable bonds is 6. The molecule has 3 aliphatic rings. The highest BCUT2D eigenvalue weighted by atomic mass is 32.1. The van der Waals surface area contributed by atoms with Crippen molar-refractivity contribution in [1.82, 2.24) is 0 Å². The Kier molecular flexibility index (Phi) is 5.51. The summed E-state index contributed by atoms with van der Waals surface area (Å²) in [5.74, 6) is -2.51. The van der Waals surface area contributed by atoms with E-state index in [-0.39, 0.29) is 17.7 Å². The smallest absolute Gasteiger partial charge is 0.341 e. The number of thiophene rings is 1. The number of carbonyl (C=O) groups is 3. The van der Waals surface area contributed by atoms with E-state index in [0.29, 0.717) is 29.5 Å². The Bertz CT molecular complexity index is 873. The lowest BCUT2D eigenvalue weighted by molar-refractivity contribution is -0.146. The minimum absolute atomic E-state index is 0.0498. The van der Waals surface area contributed by atoms with E-state index >= 15 is 0 Å². The van der Waals surface area contributed by atoms with Crippen molar-refractivity contribution in [3.8, 4) is 0 Å². The maximum atomic E-state index is 13.1. The molecule has 2 N–H and O–H groups in total. The zero-order valence-corrected chi connectivity index (χ0v) is 17.6. The van der Waals surface area contributed by atoms with Gasteiger partial charge in [0.25, 0.3) is 0 Å². The SMILES string of the molecule is CCCOC(=O)c1c(NC(=O)[C@H]2[C@H](C(=O)O)[C@H]3C=C[C@H]2C3)sc2c1CC[C@@H](C)C2. The first-order valence-corrected chi connectivity index (χ1v) is 11.3. The van der Waals surface area contributed by atoms with Gasteiger partial charge >= 0.3 is 11.9 Å². The van der Waals surface area contributed by atoms with Gasteiger partial charge in [0.05, 0.1) is 24.0 Å². The van der Waals surface area contributed by atoms with Gasteiger partial charge in [-0.2, -0.15) is 0 Å². The highest BCUT2D eigenvalue weighted by Gasteiger charge is 2.51. The van der Waals surface area contributed by atoms with E-state index in [2.05, 4.69) is 12.2 Å². The van der Waals surface area contributed by atoms with Crippen LogP contribution >= 0.6 is 11.3 Å². The number of esters is 1. The molecule has 1 fully saturated rings. The lowest BCUT2D eigenvalue weighted by atomic mass is 9.82. The third kappa shape index (κ3) is 3.61. The molecule has 0 aromatic carbocycles. The van der Waals surface area contributed by atoms with Gasteiger partial charge in [-0.25, -0.2) is 4.79 Å². The summed E-state index contributed by atoms with van der Waals surface area (Å²) < 4.78 is 5.40. The second-order valence-electron chi connectivity index (χ2n) is 8.52. The molecule has 156 valence electrons. The Morgan fingerprint density at radius 2 is 1.97 bits per heavy atom. The highest BCUT2D eigenvalue weighted by molar-refractivity contribution is 7.17. The molecule has 4 rings (SSSR count). The largest absolute Gasteiger partial charge is 0.481 e. The van der Waals surface area contributed by atoms with Gasteiger partial charge in [0.2, 0.25) is 5.91 Å². The molecule has 1 aromatic rings. The Balaban J connectivity index is 1.62. The highest BCUT2D eigenvalue weighted by Crippen LogP contribution is 2.49. The third-order valence-corrected chi connectivity index (χ3v) is 7.61. The molecule has 1 aromatic heterocycles. The number of ether oxygens (including phenoxy) is 1. The average Bonchev–Trinajstić information content (AvgIpc) is 3.37. The van der Waals surface area contributed by atoms with Crippen LogP contribution in [0.25, 0.3) is 0 Å². The minimum Gasteiger partial charge on any atom is -0.481 e. The molecule has 5 atom stereocenters. The van der Waals surface area contributed by atoms with E-state index in [1.54, 1.807) is 0 Å². The van der Waals surface area contributed by atoms with Crippen LogP contribution in [0.1, 0.15) is 53.9 Å². The van der Waals surface area contributed by atoms with Crippen LogP contribution < -0.4 is 5.32 Å². The maximum absolute atomic E-state index is 13.1. The van der Waals surface area contributed by atoms with Crippen LogP contribution in [0.5, 0.6) is 0 Å². The summed E-state index contributed by atoms with van der Waals surface area (Å²) in [5.41, 5.74) is 1.47. The van der Waals surface area contributed by atoms with Gasteiger partial charge in [-0.15, -0.1) is 11.3 Å². The van der Waals surface area contributed by atoms with Crippen LogP contribution in [-0.2, 0) is 27.2 Å². The topological polar surface area (TPSA) is 92.7 Å². The molecular weight excluding hydrogens is 390 g/mol. The van der Waals surface area contributed by atoms with Gasteiger partial charge in [0, 0.05) is 4.88 Å². The van der Waals surface area contributed by atoms with Crippen molar-refractivity contribution in [2.24, 2.45) is 29.6 Å². The first-order chi connectivity index (χ1) is 13.9. The molecule has 1 amide bonds. The van der Waals surface area contributed by atoms with Crippen LogP contribution in [0.4, 0.5) is 5.00 Å². The second kappa shape index (κ2) is 7.94. The fourth-order valence-corrected chi connectivity index (χ4v) is 6.44. The molecule has 3 aliphatic carbocycles. The number of anilines is 1. The molecule has 0 spiro atoms. The summed E-state index contributed by atoms with van der Waals surface area (Å²) in [5, 5.41) is 13.1. The molecule has 2 bridgehead atoms. The lowest BCUT2D eigenvalue weighted by Crippen LogP contribution is -2.36. The summed E-state index contributed by atoms with van der Waals surface area (Å²) >= 11 is 1.45. The van der Waals surface area contributed by atoms with Crippen LogP contribution in [0, 0.1) is 29.6 Å². The van der Waals surface area contributed by atoms with Gasteiger partial charge in [0.1, 0.15) is 5.00 Å². The van der Waals surface area contributed by atoms with E-state index in [4.69, 9.17) is 4.74 Å². The van der Waals surface area contributed by atoms with E-state index < -0.39 is 23.8 Å². The number of aliphatic carboxylic acids is 1. The van der Waals surface area contributed by atoms with Crippen molar-refractivity contribution in [3.05, 3.63) is 28.2 Å². The van der Waals surface area contributed by atoms with Crippen molar-refractivity contribution < 1.29 is 24.2 Å². The summed E-state index contributed by atoms with van der Waals surface area (Å²) in [6, 6.07) is 0. The predicted molar refractivity (Wildman–Crippen MR) is 110 cm³/mol. The molecule has 0 unspecified atom stereocenters. The van der Waals surface area contributed by atoms with E-state index in [1.807, 2.05) is 19.1 Å². The summed E-state index contributed by atoms with van der Waals surface area (Å²) in [4.78, 5) is 38.8. The fourth-order valence-electron chi connectivity index (χ4n) is 5.03. The molecule has 0 aliphatic heterocycles. The Morgan fingerprint density at radius 3 is 2.66 bits per heavy atom. The Hall–Kier alpha value is -2.15. The van der Waals surface area contributed by atoms with Crippen molar-refractivity contribution >= 4 is 34.2 Å². The molecule has 0 saturated heterocycles. The van der Waals surface area contributed by atoms with Gasteiger partial charge in [-0.1, -0.05) is 26.0 Å². The molecule has 7 heteroatoms. The van der Waals surface area contributed by atoms with E-state index in [1.165, 1.54) is 11.3 Å². The van der Waals surface area contributed by atoms with E-state index in [0.717, 1.165) is 36.1 Å². The van der Waals surface area contributed by atoms with Crippen molar-refractivity contribution in [2.75, 3.05) is 11.9 Å². The number of nitrogens with one attached hydrogen (secondary N) is 1. The maximum Gasteiger partial charge on any atom is 0.341 e. The molecular formula is C22H27NO5S. The first kappa shape index (κ1) is 20.1. The number of hydrogen-bond donors (Lipinski definition) is 2. The number of hydrogen-bond acceptors (Lipinski definition) is 5. The Labute approximate surface area is 174 Å². The average molecular weight is 418 g/mol. The van der Waals surface area contributed by atoms with Gasteiger partial charge in [0.15, 0.2) is 0 Å². The van der Waals surface area contributed by atoms with Crippen LogP contribution in [-0.4, -0.2) is 29.6 Å². The zero-order valence-electron chi connectivity index (χ0n) is 16.8. The van der Waals surface area contributed by atoms with Crippen molar-refractivity contribution in [1.29, 1.82) is 0 Å². The van der Waals surface area contributed by atoms with Gasteiger partial charge in [-0.05, 0) is 55.4 Å². The van der Waals surface area contributed by atoms with Crippen LogP contribution in [0.15, 0.2) is 12.2 Å². The number of carboxylic acids is 1. The Morgan fingerprint density at radius 1 is 1.24 bits per heavy atom. The molecule has 1 saturated carbocycles. The number of amides is 1. The lowest BCUT2D eigenvalue weighted by Gasteiger charge is -2.23. The quantitative estimate of drug-likeness (QED) is 0.541. The van der Waals surface area contributed by atoms with E-state index in [9.17, 15) is 19.5 Å². The zero-order chi connectivity index (χ0) is 20.7. The fraction of sp³-hybridized carbons (Fsp3) is 0.591. The number of allylic oxidation sites excluding steroid dienone is 2. The molecule has 29 heavy (non-hydrogen) atoms. The molecule has 6 nitrogen and oxygen atoms in total. The second-order valence-corrected chi connectivity index (χ2v) is 9.62. The summed E-state index contributed by atoms with van der Waals surface area (Å²) in [6.07, 6.45) is 8.02. The third-order valence-electron chi connectivity index (χ3n) is 6.44. The monoisotopic (exact) mass is 417 g/mol. The van der Waals surface area contributed by atoms with Crippen molar-refractivity contribution in [2.45, 2.75) is 46.0 Å². The number of carboxylic acid groups (broad SMARTS) is 1. The first-order valence-electron chi connectivity index (χ1n) is 10.4. The summed E-state index contributed by atoms with van der Waals surface area (Å²) in [7, 11) is 0. The van der Waals surface area contributed by atoms with Gasteiger partial charge < -0.3 is 15.2 Å². The number of fused-ring (bicyclic) bond motifs is 3. The van der Waals surface area contributed by atoms with Crippen LogP contribution in [0.2, 0.25) is 0 Å². The van der Waals surface area contributed by atoms with Gasteiger partial charge in [-0.3, -0.25) is 9.59 Å². The normalized spacial score (nSPS) is 29.5.